The molecule has 110 valence electrons. The Hall–Kier alpha value is -2.10. The van der Waals surface area contributed by atoms with Crippen LogP contribution in [0.3, 0.4) is 0 Å². The summed E-state index contributed by atoms with van der Waals surface area (Å²) in [6.07, 6.45) is 6.04. The number of nitrogens with zero attached hydrogens (tertiary/aromatic N) is 1. The summed E-state index contributed by atoms with van der Waals surface area (Å²) in [6.45, 7) is 9.59. The van der Waals surface area contributed by atoms with Crippen molar-refractivity contribution in [1.29, 1.82) is 0 Å². The fraction of sp³-hybridized carbons (Fsp3) is 0.375. The molecular weight excluding hydrogens is 254 g/mol. The summed E-state index contributed by atoms with van der Waals surface area (Å²) in [5.74, 6) is -1.20. The van der Waals surface area contributed by atoms with Crippen LogP contribution in [0.2, 0.25) is 0 Å². The van der Waals surface area contributed by atoms with E-state index >= 15 is 0 Å². The zero-order valence-corrected chi connectivity index (χ0v) is 12.8. The van der Waals surface area contributed by atoms with Gasteiger partial charge in [0, 0.05) is 11.4 Å². The van der Waals surface area contributed by atoms with Gasteiger partial charge in [0.05, 0.1) is 0 Å². The molecule has 1 heterocycles. The number of pyridine rings is 1. The molecule has 0 aliphatic carbocycles. The Bertz CT molecular complexity index is 566. The van der Waals surface area contributed by atoms with Crippen LogP contribution in [0.4, 0.5) is 0 Å². The molecular formula is C16H23NO3. The third-order valence-corrected chi connectivity index (χ3v) is 2.65. The van der Waals surface area contributed by atoms with E-state index in [1.807, 2.05) is 40.7 Å². The number of hydrogen-bond donors (Lipinski definition) is 1. The first kappa shape index (κ1) is 17.9. The highest BCUT2D eigenvalue weighted by molar-refractivity contribution is 5.87. The van der Waals surface area contributed by atoms with Crippen molar-refractivity contribution in [3.05, 3.63) is 52.0 Å². The number of aromatic nitrogens is 1. The fourth-order valence-corrected chi connectivity index (χ4v) is 1.77. The molecule has 0 saturated carbocycles. The molecule has 0 aromatic carbocycles. The Kier molecular flexibility index (Phi) is 7.97. The van der Waals surface area contributed by atoms with Crippen LogP contribution in [0.25, 0.3) is 5.70 Å². The van der Waals surface area contributed by atoms with Crippen molar-refractivity contribution in [2.24, 2.45) is 0 Å². The Morgan fingerprint density at radius 2 is 1.90 bits per heavy atom. The standard InChI is InChI=1S/C14H17NO3.C2H6/c1-4-7-10(5-2)15-11(6-3)8-9-12(13(15)16)14(17)18;1-2/h4-5,7-9H,6H2,1-3H3,(H,17,18);1-2H3/b7-4-,10-5+;. The number of rotatable bonds is 4. The van der Waals surface area contributed by atoms with Crippen molar-refractivity contribution in [1.82, 2.24) is 4.57 Å². The summed E-state index contributed by atoms with van der Waals surface area (Å²) >= 11 is 0. The second-order valence-corrected chi connectivity index (χ2v) is 3.75. The number of allylic oxidation sites excluding steroid dienone is 4. The van der Waals surface area contributed by atoms with Crippen molar-refractivity contribution in [2.75, 3.05) is 0 Å². The van der Waals surface area contributed by atoms with E-state index in [0.717, 1.165) is 5.69 Å². The molecule has 0 saturated heterocycles. The maximum Gasteiger partial charge on any atom is 0.341 e. The van der Waals surface area contributed by atoms with E-state index in [1.54, 1.807) is 18.2 Å². The minimum atomic E-state index is -1.20. The Labute approximate surface area is 120 Å². The molecule has 0 unspecified atom stereocenters. The van der Waals surface area contributed by atoms with E-state index in [4.69, 9.17) is 5.11 Å². The first-order chi connectivity index (χ1) is 9.56. The molecule has 4 nitrogen and oxygen atoms in total. The van der Waals surface area contributed by atoms with Gasteiger partial charge in [-0.25, -0.2) is 4.79 Å². The highest BCUT2D eigenvalue weighted by Crippen LogP contribution is 2.10. The first-order valence-corrected chi connectivity index (χ1v) is 6.84. The topological polar surface area (TPSA) is 59.3 Å². The Balaban J connectivity index is 0.00000172. The van der Waals surface area contributed by atoms with Crippen LogP contribution in [-0.4, -0.2) is 15.6 Å². The lowest BCUT2D eigenvalue weighted by Gasteiger charge is -2.13. The zero-order chi connectivity index (χ0) is 15.7. The number of aromatic carboxylic acids is 1. The molecule has 1 rings (SSSR count). The molecule has 0 aliphatic rings. The van der Waals surface area contributed by atoms with Gasteiger partial charge in [0.1, 0.15) is 5.56 Å². The summed E-state index contributed by atoms with van der Waals surface area (Å²) < 4.78 is 1.45. The summed E-state index contributed by atoms with van der Waals surface area (Å²) in [5.41, 5.74) is 0.766. The number of carboxylic acid groups (broad SMARTS) is 1. The van der Waals surface area contributed by atoms with Gasteiger partial charge in [0.2, 0.25) is 0 Å². The highest BCUT2D eigenvalue weighted by atomic mass is 16.4. The maximum atomic E-state index is 12.2. The third-order valence-electron chi connectivity index (χ3n) is 2.65. The predicted molar refractivity (Wildman–Crippen MR) is 83.1 cm³/mol. The number of carbonyl (C=O) groups is 1. The quantitative estimate of drug-likeness (QED) is 0.856. The molecule has 1 aromatic rings. The van der Waals surface area contributed by atoms with Crippen LogP contribution in [0.1, 0.15) is 50.7 Å². The van der Waals surface area contributed by atoms with Crippen LogP contribution >= 0.6 is 0 Å². The lowest BCUT2D eigenvalue weighted by atomic mass is 10.2. The van der Waals surface area contributed by atoms with Gasteiger partial charge in [-0.2, -0.15) is 0 Å². The van der Waals surface area contributed by atoms with E-state index < -0.39 is 11.5 Å². The van der Waals surface area contributed by atoms with Crippen LogP contribution in [0, 0.1) is 0 Å². The number of aryl methyl sites for hydroxylation is 1. The van der Waals surface area contributed by atoms with Gasteiger partial charge >= 0.3 is 5.97 Å². The minimum Gasteiger partial charge on any atom is -0.477 e. The van der Waals surface area contributed by atoms with Gasteiger partial charge in [-0.1, -0.05) is 32.9 Å². The normalized spacial score (nSPS) is 11.2. The van der Waals surface area contributed by atoms with Crippen molar-refractivity contribution in [3.63, 3.8) is 0 Å². The molecule has 0 bridgehead atoms. The predicted octanol–water partition coefficient (Wildman–Crippen LogP) is 3.57. The van der Waals surface area contributed by atoms with E-state index in [0.29, 0.717) is 12.1 Å². The molecule has 1 N–H and O–H groups in total. The van der Waals surface area contributed by atoms with Gasteiger partial charge in [-0.15, -0.1) is 0 Å². The summed E-state index contributed by atoms with van der Waals surface area (Å²) in [5, 5.41) is 8.99. The largest absolute Gasteiger partial charge is 0.477 e. The lowest BCUT2D eigenvalue weighted by molar-refractivity contribution is 0.0694. The Morgan fingerprint density at radius 1 is 1.30 bits per heavy atom. The summed E-state index contributed by atoms with van der Waals surface area (Å²) in [4.78, 5) is 23.2. The number of hydrogen-bond acceptors (Lipinski definition) is 2. The molecule has 0 spiro atoms. The minimum absolute atomic E-state index is 0.212. The van der Waals surface area contributed by atoms with E-state index in [1.165, 1.54) is 10.6 Å². The van der Waals surface area contributed by atoms with Crippen LogP contribution in [-0.2, 0) is 6.42 Å². The molecule has 20 heavy (non-hydrogen) atoms. The van der Waals surface area contributed by atoms with Crippen molar-refractivity contribution >= 4 is 11.7 Å². The maximum absolute atomic E-state index is 12.2. The van der Waals surface area contributed by atoms with E-state index in [9.17, 15) is 9.59 Å². The average molecular weight is 277 g/mol. The van der Waals surface area contributed by atoms with Gasteiger partial charge in [-0.3, -0.25) is 9.36 Å². The van der Waals surface area contributed by atoms with Gasteiger partial charge in [0.15, 0.2) is 0 Å². The van der Waals surface area contributed by atoms with Crippen molar-refractivity contribution in [2.45, 2.75) is 41.0 Å². The average Bonchev–Trinajstić information content (AvgIpc) is 2.46. The SMILES string of the molecule is C/C=C\C(=C/C)n1c(CC)ccc(C(=O)O)c1=O.CC. The number of carboxylic acids is 1. The molecule has 0 atom stereocenters. The second kappa shape index (κ2) is 8.91. The lowest BCUT2D eigenvalue weighted by Crippen LogP contribution is -2.27. The first-order valence-electron chi connectivity index (χ1n) is 6.84. The zero-order valence-electron chi connectivity index (χ0n) is 12.8. The van der Waals surface area contributed by atoms with Crippen molar-refractivity contribution < 1.29 is 9.90 Å². The van der Waals surface area contributed by atoms with E-state index in [-0.39, 0.29) is 5.56 Å². The Morgan fingerprint density at radius 3 is 2.30 bits per heavy atom. The highest BCUT2D eigenvalue weighted by Gasteiger charge is 2.14. The van der Waals surface area contributed by atoms with E-state index in [2.05, 4.69) is 0 Å². The van der Waals surface area contributed by atoms with Crippen LogP contribution in [0.5, 0.6) is 0 Å². The molecule has 1 aromatic heterocycles. The smallest absolute Gasteiger partial charge is 0.341 e. The summed E-state index contributed by atoms with van der Waals surface area (Å²) in [6, 6.07) is 3.04. The molecule has 0 aliphatic heterocycles. The molecule has 0 fully saturated rings. The van der Waals surface area contributed by atoms with Crippen molar-refractivity contribution in [3.8, 4) is 0 Å². The van der Waals surface area contributed by atoms with Gasteiger partial charge in [0.25, 0.3) is 5.56 Å². The van der Waals surface area contributed by atoms with Gasteiger partial charge < -0.3 is 5.11 Å². The summed E-state index contributed by atoms with van der Waals surface area (Å²) in [7, 11) is 0. The second-order valence-electron chi connectivity index (χ2n) is 3.75. The van der Waals surface area contributed by atoms with Crippen LogP contribution in [0.15, 0.2) is 35.2 Å². The van der Waals surface area contributed by atoms with Crippen LogP contribution < -0.4 is 5.56 Å². The van der Waals surface area contributed by atoms with Gasteiger partial charge in [-0.05, 0) is 38.5 Å². The molecule has 0 radical (unpaired) electrons. The monoisotopic (exact) mass is 277 g/mol. The fourth-order valence-electron chi connectivity index (χ4n) is 1.77. The third kappa shape index (κ3) is 3.95. The molecule has 4 heteroatoms. The molecule has 0 amide bonds.